The number of benzene rings is 1. The number of carbonyl (C=O) groups excluding carboxylic acids is 2. The quantitative estimate of drug-likeness (QED) is 0.638. The molecule has 0 radical (unpaired) electrons. The summed E-state index contributed by atoms with van der Waals surface area (Å²) in [5.41, 5.74) is 0.461. The predicted octanol–water partition coefficient (Wildman–Crippen LogP) is 2.99. The van der Waals surface area contributed by atoms with Gasteiger partial charge in [0.25, 0.3) is 0 Å². The molecular formula is C23H31N3O6. The molecule has 0 atom stereocenters. The van der Waals surface area contributed by atoms with Crippen molar-refractivity contribution in [3.63, 3.8) is 0 Å². The Kier molecular flexibility index (Phi) is 7.63. The largest absolute Gasteiger partial charge is 0.467 e. The van der Waals surface area contributed by atoms with E-state index in [4.69, 9.17) is 18.6 Å². The highest BCUT2D eigenvalue weighted by Gasteiger charge is 2.25. The third-order valence-corrected chi connectivity index (χ3v) is 4.75. The molecule has 9 nitrogen and oxygen atoms in total. The van der Waals surface area contributed by atoms with Crippen molar-refractivity contribution in [1.82, 2.24) is 15.1 Å². The summed E-state index contributed by atoms with van der Waals surface area (Å²) in [6.07, 6.45) is 1.57. The number of furan rings is 1. The monoisotopic (exact) mass is 445 g/mol. The first kappa shape index (κ1) is 23.5. The molecule has 9 heteroatoms. The highest BCUT2D eigenvalue weighted by Crippen LogP contribution is 2.33. The van der Waals surface area contributed by atoms with Gasteiger partial charge in [-0.15, -0.1) is 0 Å². The molecule has 1 aromatic heterocycles. The molecule has 0 aliphatic carbocycles. The van der Waals surface area contributed by atoms with Crippen LogP contribution in [0.1, 0.15) is 32.1 Å². The molecule has 0 fully saturated rings. The second-order valence-corrected chi connectivity index (χ2v) is 8.61. The molecule has 0 bridgehead atoms. The van der Waals surface area contributed by atoms with Gasteiger partial charge < -0.3 is 33.7 Å². The number of hydrogen-bond donors (Lipinski definition) is 1. The maximum Gasteiger partial charge on any atom is 0.318 e. The van der Waals surface area contributed by atoms with Crippen LogP contribution in [0.5, 0.6) is 11.5 Å². The van der Waals surface area contributed by atoms with Gasteiger partial charge in [0.05, 0.1) is 19.4 Å². The molecule has 3 amide bonds. The van der Waals surface area contributed by atoms with Crippen LogP contribution >= 0.6 is 0 Å². The summed E-state index contributed by atoms with van der Waals surface area (Å²) in [5, 5.41) is 2.91. The van der Waals surface area contributed by atoms with Crippen LogP contribution in [0.2, 0.25) is 0 Å². The van der Waals surface area contributed by atoms with E-state index in [-0.39, 0.29) is 31.8 Å². The van der Waals surface area contributed by atoms with E-state index in [0.717, 1.165) is 5.56 Å². The first-order valence-corrected chi connectivity index (χ1v) is 10.5. The Morgan fingerprint density at radius 1 is 1.09 bits per heavy atom. The highest BCUT2D eigenvalue weighted by atomic mass is 16.7. The van der Waals surface area contributed by atoms with Crippen LogP contribution in [0.15, 0.2) is 41.0 Å². The summed E-state index contributed by atoms with van der Waals surface area (Å²) < 4.78 is 21.4. The van der Waals surface area contributed by atoms with E-state index in [9.17, 15) is 9.59 Å². The minimum Gasteiger partial charge on any atom is -0.467 e. The Balaban J connectivity index is 1.75. The Labute approximate surface area is 188 Å². The first-order chi connectivity index (χ1) is 15.2. The van der Waals surface area contributed by atoms with Crippen molar-refractivity contribution in [2.45, 2.75) is 39.4 Å². The summed E-state index contributed by atoms with van der Waals surface area (Å²) in [4.78, 5) is 29.2. The zero-order valence-electron chi connectivity index (χ0n) is 19.1. The van der Waals surface area contributed by atoms with Crippen molar-refractivity contribution >= 4 is 11.9 Å². The Morgan fingerprint density at radius 2 is 1.88 bits per heavy atom. The first-order valence-electron chi connectivity index (χ1n) is 10.5. The number of urea groups is 1. The van der Waals surface area contributed by atoms with Crippen LogP contribution < -0.4 is 14.8 Å². The van der Waals surface area contributed by atoms with Crippen LogP contribution in [-0.4, -0.2) is 60.9 Å². The van der Waals surface area contributed by atoms with E-state index in [1.807, 2.05) is 45.0 Å². The molecule has 1 aliphatic heterocycles. The smallest absolute Gasteiger partial charge is 0.318 e. The maximum atomic E-state index is 13.3. The lowest BCUT2D eigenvalue weighted by atomic mass is 10.1. The summed E-state index contributed by atoms with van der Waals surface area (Å²) in [6.45, 7) is 7.00. The van der Waals surface area contributed by atoms with Crippen LogP contribution in [-0.2, 0) is 22.6 Å². The van der Waals surface area contributed by atoms with Gasteiger partial charge in [0, 0.05) is 25.7 Å². The van der Waals surface area contributed by atoms with Gasteiger partial charge in [-0.3, -0.25) is 4.79 Å². The molecule has 2 aromatic rings. The number of hydrogen-bond acceptors (Lipinski definition) is 6. The van der Waals surface area contributed by atoms with Gasteiger partial charge >= 0.3 is 6.03 Å². The molecule has 32 heavy (non-hydrogen) atoms. The minimum atomic E-state index is -0.425. The number of carbonyl (C=O) groups is 2. The fourth-order valence-corrected chi connectivity index (χ4v) is 3.20. The zero-order valence-corrected chi connectivity index (χ0v) is 19.1. The number of rotatable bonds is 9. The maximum absolute atomic E-state index is 13.3. The lowest BCUT2D eigenvalue weighted by molar-refractivity contribution is -0.133. The molecular weight excluding hydrogens is 414 g/mol. The van der Waals surface area contributed by atoms with Crippen LogP contribution in [0.25, 0.3) is 0 Å². The number of methoxy groups -OCH3 is 1. The third kappa shape index (κ3) is 6.65. The van der Waals surface area contributed by atoms with Gasteiger partial charge in [-0.2, -0.15) is 0 Å². The molecule has 2 heterocycles. The number of amides is 3. The Bertz CT molecular complexity index is 907. The van der Waals surface area contributed by atoms with Crippen molar-refractivity contribution in [1.29, 1.82) is 0 Å². The normalized spacial score (nSPS) is 12.5. The molecule has 1 aliphatic rings. The second kappa shape index (κ2) is 10.4. The number of fused-ring (bicyclic) bond motifs is 1. The summed E-state index contributed by atoms with van der Waals surface area (Å²) >= 11 is 0. The van der Waals surface area contributed by atoms with Gasteiger partial charge in [-0.1, -0.05) is 6.07 Å². The predicted molar refractivity (Wildman–Crippen MR) is 117 cm³/mol. The average Bonchev–Trinajstić information content (AvgIpc) is 3.40. The van der Waals surface area contributed by atoms with Crippen molar-refractivity contribution in [2.24, 2.45) is 0 Å². The summed E-state index contributed by atoms with van der Waals surface area (Å²) in [7, 11) is 1.56. The molecule has 1 aromatic carbocycles. The molecule has 0 saturated carbocycles. The van der Waals surface area contributed by atoms with Crippen molar-refractivity contribution in [3.8, 4) is 11.5 Å². The third-order valence-electron chi connectivity index (χ3n) is 4.75. The minimum absolute atomic E-state index is 0.0868. The fraction of sp³-hybridized carbons (Fsp3) is 0.478. The van der Waals surface area contributed by atoms with E-state index in [1.165, 1.54) is 4.90 Å². The van der Waals surface area contributed by atoms with Gasteiger partial charge in [-0.25, -0.2) is 4.79 Å². The van der Waals surface area contributed by atoms with Gasteiger partial charge in [0.2, 0.25) is 12.7 Å². The number of ether oxygens (including phenoxy) is 3. The Hall–Kier alpha value is -3.20. The molecule has 0 saturated heterocycles. The summed E-state index contributed by atoms with van der Waals surface area (Å²) in [6, 6.07) is 8.86. The number of nitrogens with one attached hydrogen (secondary N) is 1. The lowest BCUT2D eigenvalue weighted by Crippen LogP contribution is -2.52. The van der Waals surface area contributed by atoms with Gasteiger partial charge in [0.1, 0.15) is 12.3 Å². The molecule has 3 rings (SSSR count). The second-order valence-electron chi connectivity index (χ2n) is 8.61. The average molecular weight is 446 g/mol. The molecule has 0 spiro atoms. The van der Waals surface area contributed by atoms with E-state index >= 15 is 0 Å². The van der Waals surface area contributed by atoms with Crippen LogP contribution in [0, 0.1) is 0 Å². The zero-order chi connectivity index (χ0) is 23.1. The summed E-state index contributed by atoms with van der Waals surface area (Å²) in [5.74, 6) is 1.78. The van der Waals surface area contributed by atoms with Gasteiger partial charge in [-0.05, 0) is 50.6 Å². The van der Waals surface area contributed by atoms with E-state index in [1.54, 1.807) is 24.3 Å². The number of nitrogens with zero attached hydrogens (tertiary/aromatic N) is 2. The standard InChI is InChI=1S/C23H31N3O6/c1-23(2,3)24-22(28)25(9-11-29-4)15-21(27)26(14-18-6-5-10-30-18)13-17-7-8-19-20(12-17)32-16-31-19/h5-8,10,12H,9,11,13-16H2,1-4H3,(H,24,28). The Morgan fingerprint density at radius 3 is 2.56 bits per heavy atom. The van der Waals surface area contributed by atoms with Gasteiger partial charge in [0.15, 0.2) is 11.5 Å². The topological polar surface area (TPSA) is 93.5 Å². The van der Waals surface area contributed by atoms with Crippen LogP contribution in [0.4, 0.5) is 4.79 Å². The lowest BCUT2D eigenvalue weighted by Gasteiger charge is -2.30. The van der Waals surface area contributed by atoms with Crippen molar-refractivity contribution < 1.29 is 28.2 Å². The van der Waals surface area contributed by atoms with Crippen molar-refractivity contribution in [3.05, 3.63) is 47.9 Å². The van der Waals surface area contributed by atoms with Crippen molar-refractivity contribution in [2.75, 3.05) is 33.6 Å². The highest BCUT2D eigenvalue weighted by molar-refractivity contribution is 5.84. The van der Waals surface area contributed by atoms with Crippen LogP contribution in [0.3, 0.4) is 0 Å². The molecule has 174 valence electrons. The van der Waals surface area contributed by atoms with E-state index in [0.29, 0.717) is 37.0 Å². The molecule has 0 unspecified atom stereocenters. The molecule has 1 N–H and O–H groups in total. The fourth-order valence-electron chi connectivity index (χ4n) is 3.20. The van der Waals surface area contributed by atoms with E-state index < -0.39 is 5.54 Å². The SMILES string of the molecule is COCCN(CC(=O)N(Cc1ccc2c(c1)OCO2)Cc1ccco1)C(=O)NC(C)(C)C. The van der Waals surface area contributed by atoms with E-state index in [2.05, 4.69) is 5.32 Å².